The monoisotopic (exact) mass is 148 g/mol. The van der Waals surface area contributed by atoms with Gasteiger partial charge in [-0.15, -0.1) is 0 Å². The summed E-state index contributed by atoms with van der Waals surface area (Å²) in [6.07, 6.45) is 1.30. The minimum atomic E-state index is 0.722. The molecule has 0 aliphatic carbocycles. The van der Waals surface area contributed by atoms with Gasteiger partial charge in [-0.1, -0.05) is 12.1 Å². The molecular weight excluding hydrogens is 136 g/mol. The Bertz CT molecular complexity index is 290. The van der Waals surface area contributed by atoms with E-state index in [9.17, 15) is 0 Å². The van der Waals surface area contributed by atoms with Gasteiger partial charge in [-0.2, -0.15) is 0 Å². The molecule has 0 fully saturated rings. The Labute approximate surface area is 66.6 Å². The van der Waals surface area contributed by atoms with E-state index in [0.29, 0.717) is 0 Å². The highest BCUT2D eigenvalue weighted by molar-refractivity contribution is 5.87. The molecule has 0 atom stereocenters. The zero-order valence-corrected chi connectivity index (χ0v) is 6.81. The van der Waals surface area contributed by atoms with Crippen molar-refractivity contribution in [3.63, 3.8) is 0 Å². The Hall–Kier alpha value is -1.31. The van der Waals surface area contributed by atoms with Crippen LogP contribution in [0.3, 0.4) is 0 Å². The molecule has 58 valence electrons. The molecule has 0 unspecified atom stereocenters. The van der Waals surface area contributed by atoms with Crippen LogP contribution in [-0.4, -0.2) is 6.21 Å². The molecular formula is C9H12N2. The summed E-state index contributed by atoms with van der Waals surface area (Å²) in [6.45, 7) is 3.90. The summed E-state index contributed by atoms with van der Waals surface area (Å²) in [7, 11) is 0. The third-order valence-electron chi connectivity index (χ3n) is 1.87. The molecule has 1 aromatic rings. The van der Waals surface area contributed by atoms with Gasteiger partial charge in [0.25, 0.3) is 0 Å². The molecule has 2 nitrogen and oxygen atoms in total. The van der Waals surface area contributed by atoms with Crippen LogP contribution in [0, 0.1) is 19.3 Å². The average molecular weight is 148 g/mol. The zero-order valence-electron chi connectivity index (χ0n) is 6.81. The molecule has 2 heteroatoms. The molecule has 0 saturated carbocycles. The Morgan fingerprint density at radius 1 is 1.27 bits per heavy atom. The van der Waals surface area contributed by atoms with Crippen LogP contribution in [-0.2, 0) is 0 Å². The lowest BCUT2D eigenvalue weighted by atomic mass is 10.0. The molecule has 0 aliphatic heterocycles. The molecule has 0 heterocycles. The lowest BCUT2D eigenvalue weighted by Crippen LogP contribution is -1.98. The fraction of sp³-hybridized carbons (Fsp3) is 0.222. The molecule has 11 heavy (non-hydrogen) atoms. The highest BCUT2D eigenvalue weighted by Gasteiger charge is 2.01. The average Bonchev–Trinajstić information content (AvgIpc) is 1.99. The van der Waals surface area contributed by atoms with Gasteiger partial charge in [0.15, 0.2) is 0 Å². The van der Waals surface area contributed by atoms with Gasteiger partial charge in [0, 0.05) is 17.5 Å². The number of benzene rings is 1. The van der Waals surface area contributed by atoms with Gasteiger partial charge in [0.2, 0.25) is 0 Å². The van der Waals surface area contributed by atoms with Crippen LogP contribution in [0.2, 0.25) is 0 Å². The highest BCUT2D eigenvalue weighted by Crippen LogP contribution is 2.18. The fourth-order valence-electron chi connectivity index (χ4n) is 1.05. The van der Waals surface area contributed by atoms with Crippen molar-refractivity contribution in [3.8, 4) is 0 Å². The van der Waals surface area contributed by atoms with E-state index in [4.69, 9.17) is 11.1 Å². The molecule has 0 radical (unpaired) electrons. The number of rotatable bonds is 1. The maximum atomic E-state index is 7.12. The van der Waals surface area contributed by atoms with E-state index in [1.54, 1.807) is 0 Å². The van der Waals surface area contributed by atoms with Crippen LogP contribution in [0.1, 0.15) is 16.7 Å². The molecule has 0 amide bonds. The molecule has 1 aromatic carbocycles. The van der Waals surface area contributed by atoms with Gasteiger partial charge in [-0.05, 0) is 25.0 Å². The van der Waals surface area contributed by atoms with Crippen LogP contribution < -0.4 is 5.73 Å². The van der Waals surface area contributed by atoms with Crippen LogP contribution >= 0.6 is 0 Å². The number of nitrogens with one attached hydrogen (secondary N) is 1. The van der Waals surface area contributed by atoms with Gasteiger partial charge in [0.1, 0.15) is 0 Å². The van der Waals surface area contributed by atoms with Crippen molar-refractivity contribution in [1.29, 1.82) is 5.41 Å². The van der Waals surface area contributed by atoms with Crippen LogP contribution in [0.4, 0.5) is 5.69 Å². The zero-order chi connectivity index (χ0) is 8.43. The summed E-state index contributed by atoms with van der Waals surface area (Å²) in [4.78, 5) is 0. The Balaban J connectivity index is 3.40. The summed E-state index contributed by atoms with van der Waals surface area (Å²) in [6, 6.07) is 3.95. The van der Waals surface area contributed by atoms with Crippen LogP contribution in [0.25, 0.3) is 0 Å². The number of aryl methyl sites for hydroxylation is 2. The first-order chi connectivity index (χ1) is 5.16. The second kappa shape index (κ2) is 2.74. The first kappa shape index (κ1) is 7.79. The van der Waals surface area contributed by atoms with Crippen molar-refractivity contribution in [2.24, 2.45) is 0 Å². The molecule has 0 saturated heterocycles. The van der Waals surface area contributed by atoms with E-state index in [1.165, 1.54) is 6.21 Å². The molecule has 3 N–H and O–H groups in total. The standard InChI is InChI=1S/C9H12N2/c1-6-3-4-7(2)9(11)8(6)5-10/h3-5,10H,11H2,1-2H3. The lowest BCUT2D eigenvalue weighted by molar-refractivity contribution is 1.37. The molecule has 0 bridgehead atoms. The Kier molecular flexibility index (Phi) is 1.94. The summed E-state index contributed by atoms with van der Waals surface area (Å²) >= 11 is 0. The van der Waals surface area contributed by atoms with Gasteiger partial charge in [-0.25, -0.2) is 0 Å². The quantitative estimate of drug-likeness (QED) is 0.463. The van der Waals surface area contributed by atoms with Gasteiger partial charge in [-0.3, -0.25) is 0 Å². The SMILES string of the molecule is Cc1ccc(C)c(C=N)c1N. The van der Waals surface area contributed by atoms with Gasteiger partial charge in [0.05, 0.1) is 0 Å². The maximum Gasteiger partial charge on any atom is 0.0435 e. The fourth-order valence-corrected chi connectivity index (χ4v) is 1.05. The first-order valence-corrected chi connectivity index (χ1v) is 3.53. The number of hydrogen-bond acceptors (Lipinski definition) is 2. The van der Waals surface area contributed by atoms with Crippen molar-refractivity contribution in [2.75, 3.05) is 5.73 Å². The lowest BCUT2D eigenvalue weighted by Gasteiger charge is -2.06. The second-order valence-corrected chi connectivity index (χ2v) is 2.67. The first-order valence-electron chi connectivity index (χ1n) is 3.53. The third kappa shape index (κ3) is 1.24. The predicted molar refractivity (Wildman–Crippen MR) is 48.2 cm³/mol. The minimum Gasteiger partial charge on any atom is -0.398 e. The van der Waals surface area contributed by atoms with E-state index in [2.05, 4.69) is 0 Å². The van der Waals surface area contributed by atoms with Crippen molar-refractivity contribution in [1.82, 2.24) is 0 Å². The smallest absolute Gasteiger partial charge is 0.0435 e. The normalized spacial score (nSPS) is 9.64. The minimum absolute atomic E-state index is 0.722. The number of nitrogen functional groups attached to an aromatic ring is 1. The number of hydrogen-bond donors (Lipinski definition) is 2. The molecule has 0 aromatic heterocycles. The van der Waals surface area contributed by atoms with Crippen LogP contribution in [0.5, 0.6) is 0 Å². The largest absolute Gasteiger partial charge is 0.398 e. The number of anilines is 1. The molecule has 0 aliphatic rings. The molecule has 0 spiro atoms. The predicted octanol–water partition coefficient (Wildman–Crippen LogP) is 1.88. The highest BCUT2D eigenvalue weighted by atomic mass is 14.6. The van der Waals surface area contributed by atoms with E-state index < -0.39 is 0 Å². The Morgan fingerprint density at radius 2 is 1.82 bits per heavy atom. The van der Waals surface area contributed by atoms with E-state index in [-0.39, 0.29) is 0 Å². The summed E-state index contributed by atoms with van der Waals surface area (Å²) < 4.78 is 0. The third-order valence-corrected chi connectivity index (χ3v) is 1.87. The topological polar surface area (TPSA) is 49.9 Å². The van der Waals surface area contributed by atoms with Crippen LogP contribution in [0.15, 0.2) is 12.1 Å². The maximum absolute atomic E-state index is 7.12. The second-order valence-electron chi connectivity index (χ2n) is 2.67. The summed E-state index contributed by atoms with van der Waals surface area (Å²) in [5.41, 5.74) is 9.40. The van der Waals surface area contributed by atoms with Gasteiger partial charge < -0.3 is 11.1 Å². The molecule has 1 rings (SSSR count). The summed E-state index contributed by atoms with van der Waals surface area (Å²) in [5.74, 6) is 0. The van der Waals surface area contributed by atoms with Crippen molar-refractivity contribution in [2.45, 2.75) is 13.8 Å². The van der Waals surface area contributed by atoms with E-state index in [1.807, 2.05) is 26.0 Å². The number of nitrogens with two attached hydrogens (primary N) is 1. The van der Waals surface area contributed by atoms with Crippen molar-refractivity contribution < 1.29 is 0 Å². The van der Waals surface area contributed by atoms with Gasteiger partial charge >= 0.3 is 0 Å². The van der Waals surface area contributed by atoms with E-state index in [0.717, 1.165) is 22.4 Å². The summed E-state index contributed by atoms with van der Waals surface area (Å²) in [5, 5.41) is 7.12. The van der Waals surface area contributed by atoms with Crippen molar-refractivity contribution in [3.05, 3.63) is 28.8 Å². The Morgan fingerprint density at radius 3 is 2.27 bits per heavy atom. The van der Waals surface area contributed by atoms with E-state index >= 15 is 0 Å². The van der Waals surface area contributed by atoms with Crippen molar-refractivity contribution >= 4 is 11.9 Å².